The van der Waals surface area contributed by atoms with Crippen molar-refractivity contribution in [1.29, 1.82) is 0 Å². The van der Waals surface area contributed by atoms with Crippen LogP contribution < -0.4 is 5.32 Å². The van der Waals surface area contributed by atoms with Crippen LogP contribution in [0.5, 0.6) is 0 Å². The second kappa shape index (κ2) is 8.17. The lowest BCUT2D eigenvalue weighted by Gasteiger charge is -2.18. The highest BCUT2D eigenvalue weighted by molar-refractivity contribution is 7.99. The highest BCUT2D eigenvalue weighted by Gasteiger charge is 2.19. The van der Waals surface area contributed by atoms with E-state index < -0.39 is 12.0 Å². The fourth-order valence-electron chi connectivity index (χ4n) is 1.72. The van der Waals surface area contributed by atoms with Gasteiger partial charge in [0.1, 0.15) is 0 Å². The third-order valence-electron chi connectivity index (χ3n) is 2.86. The molecule has 0 radical (unpaired) electrons. The Hall–Kier alpha value is -1.20. The van der Waals surface area contributed by atoms with Crippen LogP contribution in [0.15, 0.2) is 24.3 Å². The average molecular weight is 316 g/mol. The van der Waals surface area contributed by atoms with E-state index in [0.29, 0.717) is 11.4 Å². The summed E-state index contributed by atoms with van der Waals surface area (Å²) in [6.45, 7) is 1.96. The zero-order chi connectivity index (χ0) is 15.1. The third kappa shape index (κ3) is 5.84. The van der Waals surface area contributed by atoms with Crippen LogP contribution >= 0.6 is 23.4 Å². The van der Waals surface area contributed by atoms with Crippen LogP contribution in [0, 0.1) is 0 Å². The zero-order valence-electron chi connectivity index (χ0n) is 11.4. The molecule has 1 aromatic rings. The topological polar surface area (TPSA) is 66.4 Å². The SMILES string of the molecule is CSC(C)CC(=O)N[C@@H](CC(=O)O)c1ccc(Cl)cc1. The molecule has 1 unspecified atom stereocenters. The molecular weight excluding hydrogens is 298 g/mol. The summed E-state index contributed by atoms with van der Waals surface area (Å²) in [5.74, 6) is -1.10. The van der Waals surface area contributed by atoms with Gasteiger partial charge in [0.2, 0.25) is 5.91 Å². The van der Waals surface area contributed by atoms with Gasteiger partial charge in [-0.1, -0.05) is 30.7 Å². The summed E-state index contributed by atoms with van der Waals surface area (Å²) < 4.78 is 0. The summed E-state index contributed by atoms with van der Waals surface area (Å²) in [7, 11) is 0. The van der Waals surface area contributed by atoms with E-state index in [0.717, 1.165) is 5.56 Å². The molecule has 2 N–H and O–H groups in total. The van der Waals surface area contributed by atoms with Gasteiger partial charge < -0.3 is 10.4 Å². The van der Waals surface area contributed by atoms with E-state index in [2.05, 4.69) is 5.32 Å². The van der Waals surface area contributed by atoms with Crippen molar-refractivity contribution in [2.75, 3.05) is 6.26 Å². The Labute approximate surface area is 127 Å². The van der Waals surface area contributed by atoms with Crippen molar-refractivity contribution in [3.05, 3.63) is 34.9 Å². The predicted molar refractivity (Wildman–Crippen MR) is 82.2 cm³/mol. The normalized spacial score (nSPS) is 13.6. The molecule has 0 saturated carbocycles. The van der Waals surface area contributed by atoms with Gasteiger partial charge in [0, 0.05) is 16.7 Å². The molecule has 0 saturated heterocycles. The quantitative estimate of drug-likeness (QED) is 0.811. The molecule has 0 heterocycles. The molecule has 0 aliphatic carbocycles. The number of aliphatic carboxylic acids is 1. The number of amides is 1. The molecule has 0 aromatic heterocycles. The predicted octanol–water partition coefficient (Wildman–Crippen LogP) is 3.11. The lowest BCUT2D eigenvalue weighted by Crippen LogP contribution is -2.31. The molecule has 0 aliphatic rings. The van der Waals surface area contributed by atoms with Gasteiger partial charge in [0.25, 0.3) is 0 Å². The van der Waals surface area contributed by atoms with Gasteiger partial charge in [-0.05, 0) is 24.0 Å². The fraction of sp³-hybridized carbons (Fsp3) is 0.429. The van der Waals surface area contributed by atoms with Crippen LogP contribution in [-0.4, -0.2) is 28.5 Å². The van der Waals surface area contributed by atoms with Crippen molar-refractivity contribution < 1.29 is 14.7 Å². The van der Waals surface area contributed by atoms with E-state index in [-0.39, 0.29) is 17.6 Å². The third-order valence-corrected chi connectivity index (χ3v) is 4.08. The number of carbonyl (C=O) groups excluding carboxylic acids is 1. The number of thioether (sulfide) groups is 1. The van der Waals surface area contributed by atoms with Gasteiger partial charge >= 0.3 is 5.97 Å². The summed E-state index contributed by atoms with van der Waals surface area (Å²) in [5.41, 5.74) is 0.738. The maximum atomic E-state index is 11.9. The molecule has 110 valence electrons. The number of carbonyl (C=O) groups is 2. The van der Waals surface area contributed by atoms with E-state index >= 15 is 0 Å². The van der Waals surface area contributed by atoms with Crippen LogP contribution in [0.4, 0.5) is 0 Å². The maximum absolute atomic E-state index is 11.9. The van der Waals surface area contributed by atoms with Crippen molar-refractivity contribution in [2.24, 2.45) is 0 Å². The molecule has 0 fully saturated rings. The standard InChI is InChI=1S/C14H18ClNO3S/c1-9(20-2)7-13(17)16-12(8-14(18)19)10-3-5-11(15)6-4-10/h3-6,9,12H,7-8H2,1-2H3,(H,16,17)(H,18,19)/t9?,12-/m0/s1. The monoisotopic (exact) mass is 315 g/mol. The first-order valence-corrected chi connectivity index (χ1v) is 7.88. The molecule has 20 heavy (non-hydrogen) atoms. The number of hydrogen-bond acceptors (Lipinski definition) is 3. The minimum absolute atomic E-state index is 0.145. The summed E-state index contributed by atoms with van der Waals surface area (Å²) in [6, 6.07) is 6.29. The summed E-state index contributed by atoms with van der Waals surface area (Å²) in [6.07, 6.45) is 2.15. The molecule has 2 atom stereocenters. The van der Waals surface area contributed by atoms with Gasteiger partial charge in [0.15, 0.2) is 0 Å². The first kappa shape index (κ1) is 16.9. The second-order valence-corrected chi connectivity index (χ2v) is 6.23. The van der Waals surface area contributed by atoms with E-state index in [1.807, 2.05) is 13.2 Å². The van der Waals surface area contributed by atoms with E-state index in [1.54, 1.807) is 36.0 Å². The van der Waals surface area contributed by atoms with Crippen molar-refractivity contribution in [1.82, 2.24) is 5.32 Å². The van der Waals surface area contributed by atoms with Crippen molar-refractivity contribution >= 4 is 35.2 Å². The Morgan fingerprint density at radius 2 is 1.90 bits per heavy atom. The lowest BCUT2D eigenvalue weighted by molar-refractivity contribution is -0.137. The first-order chi connectivity index (χ1) is 9.42. The van der Waals surface area contributed by atoms with Crippen LogP contribution in [0.1, 0.15) is 31.4 Å². The minimum Gasteiger partial charge on any atom is -0.481 e. The Bertz CT molecular complexity index is 464. The number of rotatable bonds is 7. The van der Waals surface area contributed by atoms with Gasteiger partial charge in [-0.3, -0.25) is 9.59 Å². The molecule has 0 spiro atoms. The average Bonchev–Trinajstić information content (AvgIpc) is 2.38. The highest BCUT2D eigenvalue weighted by Crippen LogP contribution is 2.20. The second-order valence-electron chi connectivity index (χ2n) is 4.52. The molecule has 6 heteroatoms. The molecule has 1 rings (SSSR count). The lowest BCUT2D eigenvalue weighted by atomic mass is 10.0. The van der Waals surface area contributed by atoms with Crippen LogP contribution in [-0.2, 0) is 9.59 Å². The Morgan fingerprint density at radius 1 is 1.30 bits per heavy atom. The zero-order valence-corrected chi connectivity index (χ0v) is 13.0. The summed E-state index contributed by atoms with van der Waals surface area (Å²) in [5, 5.41) is 12.5. The van der Waals surface area contributed by atoms with Crippen LogP contribution in [0.25, 0.3) is 0 Å². The van der Waals surface area contributed by atoms with Crippen LogP contribution in [0.3, 0.4) is 0 Å². The van der Waals surface area contributed by atoms with E-state index in [1.165, 1.54) is 0 Å². The fourth-order valence-corrected chi connectivity index (χ4v) is 2.16. The molecule has 0 aliphatic heterocycles. The molecule has 0 bridgehead atoms. The van der Waals surface area contributed by atoms with Gasteiger partial charge in [-0.25, -0.2) is 0 Å². The molecule has 1 amide bonds. The Morgan fingerprint density at radius 3 is 2.40 bits per heavy atom. The molecule has 1 aromatic carbocycles. The number of halogens is 1. The number of carboxylic acid groups (broad SMARTS) is 1. The van der Waals surface area contributed by atoms with Crippen molar-refractivity contribution in [3.8, 4) is 0 Å². The van der Waals surface area contributed by atoms with E-state index in [4.69, 9.17) is 16.7 Å². The summed E-state index contributed by atoms with van der Waals surface area (Å²) >= 11 is 7.41. The number of benzene rings is 1. The first-order valence-electron chi connectivity index (χ1n) is 6.21. The summed E-state index contributed by atoms with van der Waals surface area (Å²) in [4.78, 5) is 22.8. The van der Waals surface area contributed by atoms with Gasteiger partial charge in [0.05, 0.1) is 12.5 Å². The van der Waals surface area contributed by atoms with Crippen molar-refractivity contribution in [3.63, 3.8) is 0 Å². The Balaban J connectivity index is 2.76. The number of carboxylic acids is 1. The van der Waals surface area contributed by atoms with Crippen molar-refractivity contribution in [2.45, 2.75) is 31.1 Å². The van der Waals surface area contributed by atoms with Gasteiger partial charge in [-0.2, -0.15) is 11.8 Å². The largest absolute Gasteiger partial charge is 0.481 e. The highest BCUT2D eigenvalue weighted by atomic mass is 35.5. The molecule has 4 nitrogen and oxygen atoms in total. The van der Waals surface area contributed by atoms with Crippen LogP contribution in [0.2, 0.25) is 5.02 Å². The van der Waals surface area contributed by atoms with E-state index in [9.17, 15) is 9.59 Å². The molecular formula is C14H18ClNO3S. The minimum atomic E-state index is -0.955. The Kier molecular flexibility index (Phi) is 6.88. The number of nitrogens with one attached hydrogen (secondary N) is 1. The maximum Gasteiger partial charge on any atom is 0.305 e. The number of hydrogen-bond donors (Lipinski definition) is 2. The van der Waals surface area contributed by atoms with Gasteiger partial charge in [-0.15, -0.1) is 0 Å². The smallest absolute Gasteiger partial charge is 0.305 e.